The van der Waals surface area contributed by atoms with Crippen molar-refractivity contribution in [2.45, 2.75) is 303 Å². The smallest absolute Gasteiger partial charge is 0.456 e. The lowest BCUT2D eigenvalue weighted by Crippen LogP contribution is -2.47. The molecule has 0 aromatic heterocycles. The van der Waals surface area contributed by atoms with Crippen LogP contribution in [0, 0.1) is 0 Å². The molecular formula is C69H126N2O7P+. The molecule has 0 bridgehead atoms. The zero-order valence-corrected chi connectivity index (χ0v) is 53.2. The third-order valence-electron chi connectivity index (χ3n) is 14.3. The number of quaternary nitrogens is 1. The molecule has 0 aliphatic carbocycles. The Morgan fingerprint density at radius 2 is 0.772 bits per heavy atom. The number of hydrogen-bond acceptors (Lipinski definition) is 6. The molecular weight excluding hydrogens is 1000 g/mol. The Morgan fingerprint density at radius 3 is 1.19 bits per heavy atom. The summed E-state index contributed by atoms with van der Waals surface area (Å²) in [6.45, 7) is 6.94. The van der Waals surface area contributed by atoms with Crippen molar-refractivity contribution in [3.8, 4) is 0 Å². The molecule has 458 valence electrons. The highest BCUT2D eigenvalue weighted by atomic mass is 31.2. The van der Waals surface area contributed by atoms with Gasteiger partial charge in [0.15, 0.2) is 0 Å². The first-order valence-corrected chi connectivity index (χ1v) is 34.4. The molecule has 0 aliphatic heterocycles. The molecule has 79 heavy (non-hydrogen) atoms. The minimum Gasteiger partial charge on any atom is -0.456 e. The Labute approximate surface area is 488 Å². The highest BCUT2D eigenvalue weighted by molar-refractivity contribution is 7.47. The minimum atomic E-state index is -4.46. The summed E-state index contributed by atoms with van der Waals surface area (Å²) in [7, 11) is 1.47. The summed E-state index contributed by atoms with van der Waals surface area (Å²) in [4.78, 5) is 37.8. The van der Waals surface area contributed by atoms with Crippen LogP contribution >= 0.6 is 7.82 Å². The highest BCUT2D eigenvalue weighted by Crippen LogP contribution is 2.43. The molecule has 9 nitrogen and oxygen atoms in total. The Hall–Kier alpha value is -2.81. The normalized spacial score (nSPS) is 14.2. The monoisotopic (exact) mass is 1130 g/mol. The van der Waals surface area contributed by atoms with Crippen molar-refractivity contribution in [2.75, 3.05) is 40.9 Å². The number of ether oxygens (including phenoxy) is 1. The van der Waals surface area contributed by atoms with Crippen molar-refractivity contribution in [1.29, 1.82) is 0 Å². The number of nitrogens with zero attached hydrogens (tertiary/aromatic N) is 1. The fourth-order valence-electron chi connectivity index (χ4n) is 9.19. The quantitative estimate of drug-likeness (QED) is 0.0205. The van der Waals surface area contributed by atoms with Crippen LogP contribution in [-0.4, -0.2) is 74.3 Å². The van der Waals surface area contributed by atoms with Crippen molar-refractivity contribution in [2.24, 2.45) is 0 Å². The molecule has 3 unspecified atom stereocenters. The number of unbranched alkanes of at least 4 members (excludes halogenated alkanes) is 31. The van der Waals surface area contributed by atoms with Crippen LogP contribution in [0.3, 0.4) is 0 Å². The molecule has 0 saturated carbocycles. The van der Waals surface area contributed by atoms with Crippen molar-refractivity contribution in [3.05, 3.63) is 85.1 Å². The molecule has 0 aromatic carbocycles. The Kier molecular flexibility index (Phi) is 56.3. The van der Waals surface area contributed by atoms with Crippen molar-refractivity contribution in [3.63, 3.8) is 0 Å². The van der Waals surface area contributed by atoms with Crippen LogP contribution in [0.5, 0.6) is 0 Å². The van der Waals surface area contributed by atoms with E-state index in [1.54, 1.807) is 0 Å². The first-order valence-electron chi connectivity index (χ1n) is 32.9. The number of likely N-dealkylation sites (N-methyl/N-ethyl adjacent to an activating group) is 1. The van der Waals surface area contributed by atoms with Gasteiger partial charge in [0.1, 0.15) is 19.3 Å². The van der Waals surface area contributed by atoms with Crippen molar-refractivity contribution < 1.29 is 37.3 Å². The Bertz CT molecular complexity index is 1630. The topological polar surface area (TPSA) is 111 Å². The second-order valence-corrected chi connectivity index (χ2v) is 24.7. The van der Waals surface area contributed by atoms with Gasteiger partial charge in [-0.1, -0.05) is 254 Å². The number of hydrogen-bond donors (Lipinski definition) is 2. The molecule has 3 atom stereocenters. The molecule has 0 saturated heterocycles. The number of allylic oxidation sites excluding steroid dienone is 13. The van der Waals surface area contributed by atoms with Crippen LogP contribution < -0.4 is 5.32 Å². The average molecular weight is 1130 g/mol. The summed E-state index contributed by atoms with van der Waals surface area (Å²) in [5, 5.41) is 3.05. The summed E-state index contributed by atoms with van der Waals surface area (Å²) in [6.07, 6.45) is 77.3. The number of phosphoric ester groups is 1. The molecule has 0 heterocycles. The van der Waals surface area contributed by atoms with Crippen LogP contribution in [0.4, 0.5) is 0 Å². The van der Waals surface area contributed by atoms with E-state index in [0.717, 1.165) is 83.5 Å². The number of amides is 1. The van der Waals surface area contributed by atoms with E-state index in [-0.39, 0.29) is 31.5 Å². The summed E-state index contributed by atoms with van der Waals surface area (Å²) in [6, 6.07) is -0.865. The zero-order valence-electron chi connectivity index (χ0n) is 52.3. The number of rotatable bonds is 59. The SMILES string of the molecule is CCCCC/C=C\C/C=C\C/C=C\C/C=C\CCCCCC(=O)OC(/C=C\CCCCCCCCCCC)C(COP(=O)(O)OCC[N+](C)(C)C)NC(=O)CCCCCCCCCCCCCCC/C=C\C/C=C\CCCCC. The van der Waals surface area contributed by atoms with Crippen LogP contribution in [0.15, 0.2) is 85.1 Å². The van der Waals surface area contributed by atoms with Gasteiger partial charge in [0, 0.05) is 12.8 Å². The molecule has 0 radical (unpaired) electrons. The van der Waals surface area contributed by atoms with E-state index in [4.69, 9.17) is 13.8 Å². The van der Waals surface area contributed by atoms with Gasteiger partial charge in [-0.25, -0.2) is 4.57 Å². The predicted molar refractivity (Wildman–Crippen MR) is 341 cm³/mol. The van der Waals surface area contributed by atoms with Gasteiger partial charge >= 0.3 is 13.8 Å². The number of carbonyl (C=O) groups excluding carboxylic acids is 2. The Balaban J connectivity index is 5.17. The molecule has 1 amide bonds. The summed E-state index contributed by atoms with van der Waals surface area (Å²) in [5.74, 6) is -0.540. The van der Waals surface area contributed by atoms with E-state index in [9.17, 15) is 19.0 Å². The third kappa shape index (κ3) is 59.6. The van der Waals surface area contributed by atoms with Gasteiger partial charge in [-0.2, -0.15) is 0 Å². The number of esters is 1. The van der Waals surface area contributed by atoms with Gasteiger partial charge in [0.2, 0.25) is 5.91 Å². The maximum absolute atomic E-state index is 13.6. The molecule has 0 aromatic rings. The largest absolute Gasteiger partial charge is 0.472 e. The highest BCUT2D eigenvalue weighted by Gasteiger charge is 2.30. The van der Waals surface area contributed by atoms with Gasteiger partial charge in [-0.05, 0) is 109 Å². The van der Waals surface area contributed by atoms with Gasteiger partial charge in [-0.15, -0.1) is 0 Å². The lowest BCUT2D eigenvalue weighted by molar-refractivity contribution is -0.870. The fourth-order valence-corrected chi connectivity index (χ4v) is 9.93. The zero-order chi connectivity index (χ0) is 57.9. The van der Waals surface area contributed by atoms with Crippen LogP contribution in [0.2, 0.25) is 0 Å². The number of phosphoric acid groups is 1. The second kappa shape index (κ2) is 58.4. The minimum absolute atomic E-state index is 0.0320. The first kappa shape index (κ1) is 76.2. The molecule has 0 rings (SSSR count). The third-order valence-corrected chi connectivity index (χ3v) is 15.3. The van der Waals surface area contributed by atoms with Gasteiger partial charge in [0.05, 0.1) is 33.8 Å². The van der Waals surface area contributed by atoms with Gasteiger partial charge in [0.25, 0.3) is 0 Å². The molecule has 0 spiro atoms. The van der Waals surface area contributed by atoms with E-state index in [1.807, 2.05) is 33.3 Å². The number of carbonyl (C=O) groups is 2. The molecule has 2 N–H and O–H groups in total. The van der Waals surface area contributed by atoms with Gasteiger partial charge < -0.3 is 19.4 Å². The van der Waals surface area contributed by atoms with Gasteiger partial charge in [-0.3, -0.25) is 18.6 Å². The Morgan fingerprint density at radius 1 is 0.443 bits per heavy atom. The van der Waals surface area contributed by atoms with Crippen LogP contribution in [0.1, 0.15) is 290 Å². The van der Waals surface area contributed by atoms with Crippen molar-refractivity contribution >= 4 is 19.7 Å². The molecule has 0 aliphatic rings. The maximum atomic E-state index is 13.6. The van der Waals surface area contributed by atoms with E-state index in [0.29, 0.717) is 23.9 Å². The van der Waals surface area contributed by atoms with Crippen LogP contribution in [-0.2, 0) is 27.9 Å². The summed E-state index contributed by atoms with van der Waals surface area (Å²) < 4.78 is 30.7. The van der Waals surface area contributed by atoms with Crippen molar-refractivity contribution in [1.82, 2.24) is 5.32 Å². The van der Waals surface area contributed by atoms with E-state index >= 15 is 0 Å². The van der Waals surface area contributed by atoms with E-state index in [1.165, 1.54) is 167 Å². The predicted octanol–water partition coefficient (Wildman–Crippen LogP) is 20.6. The van der Waals surface area contributed by atoms with E-state index in [2.05, 4.69) is 99.0 Å². The number of nitrogens with one attached hydrogen (secondary N) is 1. The lowest BCUT2D eigenvalue weighted by Gasteiger charge is -2.27. The lowest BCUT2D eigenvalue weighted by atomic mass is 10.0. The molecule has 10 heteroatoms. The first-order chi connectivity index (χ1) is 38.4. The average Bonchev–Trinajstić information content (AvgIpc) is 3.41. The van der Waals surface area contributed by atoms with E-state index < -0.39 is 20.0 Å². The standard InChI is InChI=1S/C69H125N2O7P/c1-7-10-13-16-19-22-25-27-29-31-33-34-35-36-38-39-41-43-46-49-52-55-58-61-68(72)70-66(65-77-79(74,75)76-64-63-71(4,5)6)67(60-57-54-51-48-45-24-21-18-15-12-9-3)78-69(73)62-59-56-53-50-47-44-42-40-37-32-30-28-26-23-20-17-14-11-8-2/h19-20,22-23,27-30,37,40,44,47,57,60,66-67H,7-18,21,24-26,31-36,38-39,41-43,45-46,48-56,58-59,61-65H2,1-6H3,(H-,70,72,74,75)/p+1/b22-19-,23-20-,29-27-,30-28-,40-37-,47-44-,60-57-. The second-order valence-electron chi connectivity index (χ2n) is 23.3. The van der Waals surface area contributed by atoms with Crippen LogP contribution in [0.25, 0.3) is 0 Å². The summed E-state index contributed by atoms with van der Waals surface area (Å²) in [5.41, 5.74) is 0. The fraction of sp³-hybridized carbons (Fsp3) is 0.768. The summed E-state index contributed by atoms with van der Waals surface area (Å²) >= 11 is 0. The maximum Gasteiger partial charge on any atom is 0.472 e. The molecule has 0 fully saturated rings.